The van der Waals surface area contributed by atoms with Crippen LogP contribution in [-0.2, 0) is 17.6 Å². The number of nitrogens with one attached hydrogen (secondary N) is 1. The molecule has 0 aliphatic heterocycles. The Hall–Kier alpha value is -1.92. The number of rotatable bonds is 6. The number of hydrogen-bond acceptors (Lipinski definition) is 5. The Balaban J connectivity index is 1.37. The fourth-order valence-corrected chi connectivity index (χ4v) is 5.51. The minimum Gasteiger partial charge on any atom is -0.355 e. The van der Waals surface area contributed by atoms with E-state index in [1.807, 2.05) is 18.2 Å². The molecule has 26 heavy (non-hydrogen) atoms. The van der Waals surface area contributed by atoms with Crippen molar-refractivity contribution in [2.24, 2.45) is 0 Å². The highest BCUT2D eigenvalue weighted by Gasteiger charge is 2.21. The number of fused-ring (bicyclic) bond motifs is 3. The van der Waals surface area contributed by atoms with Gasteiger partial charge in [-0.25, -0.2) is 9.97 Å². The number of aryl methyl sites for hydroxylation is 2. The van der Waals surface area contributed by atoms with Gasteiger partial charge < -0.3 is 5.32 Å². The van der Waals surface area contributed by atoms with Crippen molar-refractivity contribution in [1.82, 2.24) is 15.3 Å². The maximum absolute atomic E-state index is 12.3. The van der Waals surface area contributed by atoms with Gasteiger partial charge in [-0.05, 0) is 36.3 Å². The first-order chi connectivity index (χ1) is 12.7. The van der Waals surface area contributed by atoms with Crippen LogP contribution in [0.3, 0.4) is 0 Å². The summed E-state index contributed by atoms with van der Waals surface area (Å²) in [4.78, 5) is 23.7. The molecule has 1 amide bonds. The minimum absolute atomic E-state index is 0.0522. The van der Waals surface area contributed by atoms with Crippen LogP contribution in [0, 0.1) is 0 Å². The van der Waals surface area contributed by atoms with Crippen molar-refractivity contribution in [2.75, 3.05) is 12.3 Å². The van der Waals surface area contributed by atoms with Gasteiger partial charge in [-0.2, -0.15) is 0 Å². The molecule has 1 N–H and O–H groups in total. The van der Waals surface area contributed by atoms with Gasteiger partial charge in [0.25, 0.3) is 0 Å². The molecule has 4 rings (SSSR count). The van der Waals surface area contributed by atoms with Gasteiger partial charge in [-0.3, -0.25) is 4.79 Å². The molecule has 6 heteroatoms. The summed E-state index contributed by atoms with van der Waals surface area (Å²) in [6, 6.07) is 10.3. The van der Waals surface area contributed by atoms with Gasteiger partial charge in [-0.1, -0.05) is 49.0 Å². The predicted octanol–water partition coefficient (Wildman–Crippen LogP) is 4.19. The van der Waals surface area contributed by atoms with Gasteiger partial charge in [0.1, 0.15) is 16.2 Å². The molecular formula is C20H21N3OS2. The lowest BCUT2D eigenvalue weighted by Crippen LogP contribution is -2.29. The van der Waals surface area contributed by atoms with Crippen LogP contribution in [0.2, 0.25) is 0 Å². The maximum atomic E-state index is 12.3. The first kappa shape index (κ1) is 17.5. The summed E-state index contributed by atoms with van der Waals surface area (Å²) >= 11 is 3.30. The summed E-state index contributed by atoms with van der Waals surface area (Å²) in [7, 11) is 0. The number of carbonyl (C=O) groups is 1. The first-order valence-electron chi connectivity index (χ1n) is 8.92. The second-order valence-electron chi connectivity index (χ2n) is 6.62. The Morgan fingerprint density at radius 3 is 2.96 bits per heavy atom. The van der Waals surface area contributed by atoms with Crippen molar-refractivity contribution in [3.05, 3.63) is 52.7 Å². The van der Waals surface area contributed by atoms with Crippen LogP contribution in [0.4, 0.5) is 0 Å². The largest absolute Gasteiger partial charge is 0.355 e. The number of hydrogen-bond donors (Lipinski definition) is 1. The molecule has 0 radical (unpaired) electrons. The van der Waals surface area contributed by atoms with Crippen molar-refractivity contribution in [3.8, 4) is 0 Å². The van der Waals surface area contributed by atoms with Crippen molar-refractivity contribution in [1.29, 1.82) is 0 Å². The van der Waals surface area contributed by atoms with E-state index in [4.69, 9.17) is 0 Å². The summed E-state index contributed by atoms with van der Waals surface area (Å²) in [6.45, 7) is 2.78. The van der Waals surface area contributed by atoms with Crippen LogP contribution >= 0.6 is 23.1 Å². The molecule has 3 aromatic rings. The molecule has 0 fully saturated rings. The van der Waals surface area contributed by atoms with Gasteiger partial charge in [0.05, 0.1) is 5.75 Å². The molecule has 2 heterocycles. The number of thioether (sulfide) groups is 1. The van der Waals surface area contributed by atoms with Gasteiger partial charge in [0, 0.05) is 16.8 Å². The smallest absolute Gasteiger partial charge is 0.230 e. The highest BCUT2D eigenvalue weighted by atomic mass is 32.2. The van der Waals surface area contributed by atoms with Gasteiger partial charge in [-0.15, -0.1) is 11.3 Å². The average Bonchev–Trinajstić information content (AvgIpc) is 3.26. The molecule has 1 aliphatic rings. The van der Waals surface area contributed by atoms with Gasteiger partial charge in [0.2, 0.25) is 5.91 Å². The average molecular weight is 384 g/mol. The monoisotopic (exact) mass is 383 g/mol. The Labute approximate surface area is 161 Å². The third-order valence-corrected chi connectivity index (χ3v) is 6.97. The lowest BCUT2D eigenvalue weighted by Gasteiger charge is -2.13. The van der Waals surface area contributed by atoms with Crippen molar-refractivity contribution in [3.63, 3.8) is 0 Å². The highest BCUT2D eigenvalue weighted by Crippen LogP contribution is 2.39. The van der Waals surface area contributed by atoms with Crippen molar-refractivity contribution < 1.29 is 4.79 Å². The zero-order valence-corrected chi connectivity index (χ0v) is 16.3. The fourth-order valence-electron chi connectivity index (χ4n) is 3.36. The lowest BCUT2D eigenvalue weighted by molar-refractivity contribution is -0.118. The van der Waals surface area contributed by atoms with E-state index >= 15 is 0 Å². The molecule has 1 aromatic carbocycles. The minimum atomic E-state index is 0.0522. The third kappa shape index (κ3) is 3.62. The SMILES string of the molecule is CC(CNC(=O)CSc1ncnc2sc3c(c12)CCC3)c1ccccc1. The maximum Gasteiger partial charge on any atom is 0.230 e. The fraction of sp³-hybridized carbons (Fsp3) is 0.350. The van der Waals surface area contributed by atoms with E-state index in [-0.39, 0.29) is 5.91 Å². The van der Waals surface area contributed by atoms with Crippen LogP contribution in [0.5, 0.6) is 0 Å². The summed E-state index contributed by atoms with van der Waals surface area (Å²) in [5.74, 6) is 0.741. The van der Waals surface area contributed by atoms with Crippen LogP contribution in [0.1, 0.15) is 35.3 Å². The van der Waals surface area contributed by atoms with Crippen molar-refractivity contribution in [2.45, 2.75) is 37.1 Å². The van der Waals surface area contributed by atoms with Gasteiger partial charge >= 0.3 is 0 Å². The van der Waals surface area contributed by atoms with E-state index in [9.17, 15) is 4.79 Å². The predicted molar refractivity (Wildman–Crippen MR) is 108 cm³/mol. The van der Waals surface area contributed by atoms with Crippen molar-refractivity contribution >= 4 is 39.2 Å². The summed E-state index contributed by atoms with van der Waals surface area (Å²) in [5, 5.41) is 5.17. The summed E-state index contributed by atoms with van der Waals surface area (Å²) in [6.07, 6.45) is 5.09. The standard InChI is InChI=1S/C20H21N3OS2/c1-13(14-6-3-2-4-7-14)10-21-17(24)11-25-19-18-15-8-5-9-16(15)26-20(18)23-12-22-19/h2-4,6-7,12-13H,5,8-11H2,1H3,(H,21,24). The Morgan fingerprint density at radius 1 is 1.27 bits per heavy atom. The van der Waals surface area contributed by atoms with Crippen LogP contribution in [-0.4, -0.2) is 28.2 Å². The molecule has 4 nitrogen and oxygen atoms in total. The molecule has 1 atom stereocenters. The molecule has 0 spiro atoms. The molecule has 2 aromatic heterocycles. The number of benzene rings is 1. The zero-order valence-electron chi connectivity index (χ0n) is 14.7. The number of nitrogens with zero attached hydrogens (tertiary/aromatic N) is 2. The first-order valence-corrected chi connectivity index (χ1v) is 10.7. The number of aromatic nitrogens is 2. The molecular weight excluding hydrogens is 362 g/mol. The van der Waals surface area contributed by atoms with Crippen LogP contribution in [0.25, 0.3) is 10.2 Å². The number of thiophene rings is 1. The Kier molecular flexibility index (Phi) is 5.22. The summed E-state index contributed by atoms with van der Waals surface area (Å²) < 4.78 is 0. The Bertz CT molecular complexity index is 923. The van der Waals surface area contributed by atoms with E-state index in [1.165, 1.54) is 39.6 Å². The number of carbonyl (C=O) groups excluding carboxylic acids is 1. The molecule has 0 saturated carbocycles. The van der Waals surface area contributed by atoms with E-state index in [0.717, 1.165) is 22.7 Å². The molecule has 0 bridgehead atoms. The summed E-state index contributed by atoms with van der Waals surface area (Å²) in [5.41, 5.74) is 2.65. The molecule has 1 aliphatic carbocycles. The second kappa shape index (κ2) is 7.76. The van der Waals surface area contributed by atoms with Crippen LogP contribution in [0.15, 0.2) is 41.7 Å². The highest BCUT2D eigenvalue weighted by molar-refractivity contribution is 8.00. The zero-order chi connectivity index (χ0) is 17.9. The van der Waals surface area contributed by atoms with Gasteiger partial charge in [0.15, 0.2) is 0 Å². The third-order valence-electron chi connectivity index (χ3n) is 4.78. The number of amides is 1. The van der Waals surface area contributed by atoms with E-state index in [1.54, 1.807) is 17.7 Å². The Morgan fingerprint density at radius 2 is 2.12 bits per heavy atom. The quantitative estimate of drug-likeness (QED) is 0.512. The van der Waals surface area contributed by atoms with Crippen LogP contribution < -0.4 is 5.32 Å². The second-order valence-corrected chi connectivity index (χ2v) is 8.67. The molecule has 1 unspecified atom stereocenters. The normalized spacial score (nSPS) is 14.3. The van der Waals surface area contributed by atoms with E-state index in [2.05, 4.69) is 34.3 Å². The topological polar surface area (TPSA) is 54.9 Å². The molecule has 134 valence electrons. The van der Waals surface area contributed by atoms with E-state index < -0.39 is 0 Å². The van der Waals surface area contributed by atoms with E-state index in [0.29, 0.717) is 18.2 Å². The molecule has 0 saturated heterocycles. The lowest BCUT2D eigenvalue weighted by atomic mass is 10.0.